The van der Waals surface area contributed by atoms with Crippen molar-refractivity contribution < 1.29 is 13.6 Å². The Labute approximate surface area is 196 Å². The van der Waals surface area contributed by atoms with E-state index in [0.717, 1.165) is 74.4 Å². The van der Waals surface area contributed by atoms with E-state index in [0.29, 0.717) is 18.6 Å². The second kappa shape index (κ2) is 12.5. The van der Waals surface area contributed by atoms with Crippen LogP contribution in [-0.4, -0.2) is 5.78 Å². The van der Waals surface area contributed by atoms with Crippen molar-refractivity contribution in [2.75, 3.05) is 0 Å². The predicted molar refractivity (Wildman–Crippen MR) is 134 cm³/mol. The van der Waals surface area contributed by atoms with Gasteiger partial charge < -0.3 is 8.83 Å². The molecule has 2 aromatic rings. The molecule has 0 aliphatic carbocycles. The zero-order valence-electron chi connectivity index (χ0n) is 22.0. The molecule has 2 aromatic heterocycles. The molecule has 0 amide bonds. The third kappa shape index (κ3) is 5.41. The quantitative estimate of drug-likeness (QED) is 0.295. The van der Waals surface area contributed by atoms with E-state index in [1.165, 1.54) is 22.3 Å². The molecular weight excluding hydrogens is 396 g/mol. The van der Waals surface area contributed by atoms with Crippen molar-refractivity contribution in [3.8, 4) is 0 Å². The van der Waals surface area contributed by atoms with Crippen molar-refractivity contribution in [2.45, 2.75) is 131 Å². The highest BCUT2D eigenvalue weighted by Gasteiger charge is 2.28. The summed E-state index contributed by atoms with van der Waals surface area (Å²) in [5.74, 6) is 5.02. The molecule has 0 aromatic carbocycles. The fourth-order valence-corrected chi connectivity index (χ4v) is 5.45. The van der Waals surface area contributed by atoms with Gasteiger partial charge in [-0.25, -0.2) is 0 Å². The van der Waals surface area contributed by atoms with Crippen LogP contribution in [0, 0.1) is 0 Å². The Kier molecular flexibility index (Phi) is 10.3. The van der Waals surface area contributed by atoms with Crippen molar-refractivity contribution >= 4 is 5.78 Å². The predicted octanol–water partition coefficient (Wildman–Crippen LogP) is 8.28. The lowest BCUT2D eigenvalue weighted by molar-refractivity contribution is -0.120. The van der Waals surface area contributed by atoms with Crippen LogP contribution in [0.1, 0.15) is 138 Å². The molecule has 2 heterocycles. The van der Waals surface area contributed by atoms with Crippen LogP contribution in [0.3, 0.4) is 0 Å². The molecule has 0 radical (unpaired) electrons. The average molecular weight is 443 g/mol. The van der Waals surface area contributed by atoms with E-state index < -0.39 is 0 Å². The summed E-state index contributed by atoms with van der Waals surface area (Å²) in [5, 5.41) is 0. The van der Waals surface area contributed by atoms with E-state index in [1.807, 2.05) is 0 Å². The maximum absolute atomic E-state index is 13.3. The second-order valence-corrected chi connectivity index (χ2v) is 8.97. The number of rotatable bonds is 14. The zero-order chi connectivity index (χ0) is 23.8. The highest BCUT2D eigenvalue weighted by Crippen LogP contribution is 2.37. The lowest BCUT2D eigenvalue weighted by Crippen LogP contribution is -2.12. The van der Waals surface area contributed by atoms with E-state index in [2.05, 4.69) is 55.4 Å². The molecule has 0 bridgehead atoms. The van der Waals surface area contributed by atoms with Crippen LogP contribution in [0.15, 0.2) is 8.83 Å². The Hall–Kier alpha value is -1.77. The standard InChI is InChI=1S/C29H46O3/c1-9-19(28-24(13-5)22(11-3)26(15-7)31-28)17-21(30)18-20(10-2)29-25(14-6)23(12-4)27(16-8)32-29/h19-20H,9-18H2,1-8H3. The number of hydrogen-bond donors (Lipinski definition) is 0. The Balaban J connectivity index is 2.27. The van der Waals surface area contributed by atoms with Crippen LogP contribution in [-0.2, 0) is 43.3 Å². The molecule has 2 atom stereocenters. The van der Waals surface area contributed by atoms with Gasteiger partial charge in [-0.2, -0.15) is 0 Å². The normalized spacial score (nSPS) is 13.5. The molecule has 0 saturated carbocycles. The van der Waals surface area contributed by atoms with Crippen molar-refractivity contribution in [1.29, 1.82) is 0 Å². The van der Waals surface area contributed by atoms with E-state index in [4.69, 9.17) is 8.83 Å². The highest BCUT2D eigenvalue weighted by molar-refractivity contribution is 5.80. The number of Topliss-reactive ketones (excluding diaryl/α,β-unsaturated/α-hetero) is 1. The summed E-state index contributed by atoms with van der Waals surface area (Å²) in [4.78, 5) is 13.3. The molecule has 0 spiro atoms. The highest BCUT2D eigenvalue weighted by atomic mass is 16.3. The minimum atomic E-state index is 0.167. The van der Waals surface area contributed by atoms with Crippen molar-refractivity contribution in [2.24, 2.45) is 0 Å². The summed E-state index contributed by atoms with van der Waals surface area (Å²) >= 11 is 0. The van der Waals surface area contributed by atoms with Crippen LogP contribution in [0.2, 0.25) is 0 Å². The second-order valence-electron chi connectivity index (χ2n) is 8.97. The third-order valence-corrected chi connectivity index (χ3v) is 7.19. The van der Waals surface area contributed by atoms with Crippen LogP contribution in [0.25, 0.3) is 0 Å². The first-order valence-corrected chi connectivity index (χ1v) is 13.2. The first-order valence-electron chi connectivity index (χ1n) is 13.2. The SMILES string of the molecule is CCc1oc(C(CC)CC(=O)CC(CC)c2oc(CC)c(CC)c2CC)c(CC)c1CC. The molecule has 0 fully saturated rings. The third-order valence-electron chi connectivity index (χ3n) is 7.19. The topological polar surface area (TPSA) is 43.4 Å². The molecule has 3 heteroatoms. The number of hydrogen-bond acceptors (Lipinski definition) is 3. The maximum atomic E-state index is 13.3. The van der Waals surface area contributed by atoms with Gasteiger partial charge in [-0.3, -0.25) is 4.79 Å². The molecule has 2 unspecified atom stereocenters. The van der Waals surface area contributed by atoms with Crippen molar-refractivity contribution in [1.82, 2.24) is 0 Å². The zero-order valence-corrected chi connectivity index (χ0v) is 22.0. The smallest absolute Gasteiger partial charge is 0.134 e. The maximum Gasteiger partial charge on any atom is 0.134 e. The summed E-state index contributed by atoms with van der Waals surface area (Å²) < 4.78 is 12.7. The monoisotopic (exact) mass is 442 g/mol. The minimum Gasteiger partial charge on any atom is -0.465 e. The van der Waals surface area contributed by atoms with Crippen LogP contribution < -0.4 is 0 Å². The van der Waals surface area contributed by atoms with Gasteiger partial charge in [0, 0.05) is 37.5 Å². The number of carbonyl (C=O) groups excluding carboxylic acids is 1. The molecular formula is C29H46O3. The van der Waals surface area contributed by atoms with Crippen LogP contribution in [0.5, 0.6) is 0 Å². The van der Waals surface area contributed by atoms with Gasteiger partial charge in [-0.1, -0.05) is 55.4 Å². The Morgan fingerprint density at radius 2 is 0.906 bits per heavy atom. The van der Waals surface area contributed by atoms with E-state index in [-0.39, 0.29) is 11.8 Å². The molecule has 3 nitrogen and oxygen atoms in total. The summed E-state index contributed by atoms with van der Waals surface area (Å²) in [6.45, 7) is 17.5. The molecule has 0 aliphatic heterocycles. The Morgan fingerprint density at radius 1 is 0.562 bits per heavy atom. The summed E-state index contributed by atoms with van der Waals surface area (Å²) in [6, 6.07) is 0. The molecule has 180 valence electrons. The number of carbonyl (C=O) groups is 1. The summed E-state index contributed by atoms with van der Waals surface area (Å²) in [7, 11) is 0. The van der Waals surface area contributed by atoms with E-state index in [9.17, 15) is 4.79 Å². The van der Waals surface area contributed by atoms with Gasteiger partial charge in [0.25, 0.3) is 0 Å². The number of furan rings is 2. The van der Waals surface area contributed by atoms with Gasteiger partial charge in [-0.05, 0) is 60.8 Å². The van der Waals surface area contributed by atoms with Crippen LogP contribution in [0.4, 0.5) is 0 Å². The number of aryl methyl sites for hydroxylation is 2. The van der Waals surface area contributed by atoms with Crippen LogP contribution >= 0.6 is 0 Å². The summed E-state index contributed by atoms with van der Waals surface area (Å²) in [6.07, 6.45) is 8.73. The van der Waals surface area contributed by atoms with Gasteiger partial charge >= 0.3 is 0 Å². The van der Waals surface area contributed by atoms with Crippen molar-refractivity contribution in [3.05, 3.63) is 45.3 Å². The molecule has 32 heavy (non-hydrogen) atoms. The molecule has 2 rings (SSSR count). The van der Waals surface area contributed by atoms with Gasteiger partial charge in [0.05, 0.1) is 0 Å². The fourth-order valence-electron chi connectivity index (χ4n) is 5.45. The Morgan fingerprint density at radius 3 is 1.16 bits per heavy atom. The van der Waals surface area contributed by atoms with Gasteiger partial charge in [0.15, 0.2) is 0 Å². The van der Waals surface area contributed by atoms with Gasteiger partial charge in [0.1, 0.15) is 28.8 Å². The minimum absolute atomic E-state index is 0.167. The number of ketones is 1. The van der Waals surface area contributed by atoms with Gasteiger partial charge in [0.2, 0.25) is 0 Å². The lowest BCUT2D eigenvalue weighted by Gasteiger charge is -2.17. The Bertz CT molecular complexity index is 797. The molecule has 0 aliphatic rings. The largest absolute Gasteiger partial charge is 0.465 e. The van der Waals surface area contributed by atoms with E-state index in [1.54, 1.807) is 0 Å². The fraction of sp³-hybridized carbons (Fsp3) is 0.690. The average Bonchev–Trinajstić information content (AvgIpc) is 3.37. The molecule has 0 N–H and O–H groups in total. The van der Waals surface area contributed by atoms with Gasteiger partial charge in [-0.15, -0.1) is 0 Å². The van der Waals surface area contributed by atoms with Crippen molar-refractivity contribution in [3.63, 3.8) is 0 Å². The lowest BCUT2D eigenvalue weighted by atomic mass is 9.86. The first-order chi connectivity index (χ1) is 15.4. The van der Waals surface area contributed by atoms with E-state index >= 15 is 0 Å². The molecule has 0 saturated heterocycles. The first kappa shape index (κ1) is 26.5. The summed E-state index contributed by atoms with van der Waals surface area (Å²) in [5.41, 5.74) is 5.42.